The van der Waals surface area contributed by atoms with Crippen LogP contribution < -0.4 is 5.32 Å². The van der Waals surface area contributed by atoms with Crippen molar-refractivity contribution in [2.75, 3.05) is 19.6 Å². The van der Waals surface area contributed by atoms with Crippen molar-refractivity contribution >= 4 is 11.3 Å². The average Bonchev–Trinajstić information content (AvgIpc) is 3.18. The van der Waals surface area contributed by atoms with Crippen LogP contribution >= 0.6 is 11.3 Å². The Bertz CT molecular complexity index is 407. The van der Waals surface area contributed by atoms with Gasteiger partial charge in [-0.1, -0.05) is 0 Å². The van der Waals surface area contributed by atoms with E-state index in [9.17, 15) is 0 Å². The highest BCUT2D eigenvalue weighted by Crippen LogP contribution is 2.36. The van der Waals surface area contributed by atoms with E-state index in [1.165, 1.54) is 56.0 Å². The lowest BCUT2D eigenvalue weighted by Crippen LogP contribution is -2.38. The molecule has 19 heavy (non-hydrogen) atoms. The van der Waals surface area contributed by atoms with Gasteiger partial charge in [0.2, 0.25) is 0 Å². The molecular weight excluding hydrogens is 254 g/mol. The van der Waals surface area contributed by atoms with E-state index in [2.05, 4.69) is 29.4 Å². The molecule has 106 valence electrons. The Morgan fingerprint density at radius 1 is 1.37 bits per heavy atom. The summed E-state index contributed by atoms with van der Waals surface area (Å²) in [4.78, 5) is 7.43. The first kappa shape index (κ1) is 13.5. The molecule has 2 aliphatic rings. The molecule has 0 radical (unpaired) electrons. The fraction of sp³-hybridized carbons (Fsp3) is 0.800. The maximum Gasteiger partial charge on any atom is 0.0898 e. The van der Waals surface area contributed by atoms with Crippen molar-refractivity contribution in [3.05, 3.63) is 16.1 Å². The van der Waals surface area contributed by atoms with Gasteiger partial charge in [0.05, 0.1) is 16.7 Å². The van der Waals surface area contributed by atoms with Crippen molar-refractivity contribution in [3.63, 3.8) is 0 Å². The Hall–Kier alpha value is -0.450. The highest BCUT2D eigenvalue weighted by Gasteiger charge is 2.35. The molecule has 1 N–H and O–H groups in total. The molecule has 1 aliphatic heterocycles. The van der Waals surface area contributed by atoms with Gasteiger partial charge in [-0.3, -0.25) is 4.90 Å². The van der Waals surface area contributed by atoms with E-state index in [-0.39, 0.29) is 0 Å². The highest BCUT2D eigenvalue weighted by molar-refractivity contribution is 7.09. The van der Waals surface area contributed by atoms with Crippen molar-refractivity contribution in [3.8, 4) is 0 Å². The maximum atomic E-state index is 4.70. The van der Waals surface area contributed by atoms with Gasteiger partial charge in [0, 0.05) is 18.0 Å². The summed E-state index contributed by atoms with van der Waals surface area (Å²) < 4.78 is 0. The van der Waals surface area contributed by atoms with E-state index >= 15 is 0 Å². The number of hydrogen-bond acceptors (Lipinski definition) is 4. The fourth-order valence-corrected chi connectivity index (χ4v) is 3.83. The zero-order valence-electron chi connectivity index (χ0n) is 12.1. The monoisotopic (exact) mass is 279 g/mol. The Kier molecular flexibility index (Phi) is 4.20. The molecule has 1 aliphatic carbocycles. The van der Waals surface area contributed by atoms with Crippen LogP contribution in [0.1, 0.15) is 49.4 Å². The predicted octanol–water partition coefficient (Wildman–Crippen LogP) is 2.98. The van der Waals surface area contributed by atoms with Crippen LogP contribution in [0.2, 0.25) is 0 Å². The van der Waals surface area contributed by atoms with Gasteiger partial charge < -0.3 is 5.32 Å². The van der Waals surface area contributed by atoms with Gasteiger partial charge in [-0.2, -0.15) is 0 Å². The topological polar surface area (TPSA) is 28.2 Å². The number of thiazole rings is 1. The molecular formula is C15H25N3S. The summed E-state index contributed by atoms with van der Waals surface area (Å²) in [5, 5.41) is 6.91. The van der Waals surface area contributed by atoms with E-state index in [4.69, 9.17) is 4.98 Å². The SMILES string of the molecule is Cc1nc(C(C)N(CC2CCNCC2)C2CC2)cs1. The first-order valence-electron chi connectivity index (χ1n) is 7.62. The quantitative estimate of drug-likeness (QED) is 0.898. The summed E-state index contributed by atoms with van der Waals surface area (Å²) in [6.45, 7) is 8.12. The Morgan fingerprint density at radius 3 is 2.68 bits per heavy atom. The average molecular weight is 279 g/mol. The normalized spacial score (nSPS) is 22.9. The maximum absolute atomic E-state index is 4.70. The standard InChI is InChI=1S/C15H25N3S/c1-11(15-10-19-12(2)17-15)18(14-3-4-14)9-13-5-7-16-8-6-13/h10-11,13-14,16H,3-9H2,1-2H3. The summed E-state index contributed by atoms with van der Waals surface area (Å²) in [5.74, 6) is 0.879. The van der Waals surface area contributed by atoms with Crippen LogP contribution in [-0.2, 0) is 0 Å². The molecule has 1 aromatic heterocycles. The molecule has 2 heterocycles. The number of aryl methyl sites for hydroxylation is 1. The minimum Gasteiger partial charge on any atom is -0.317 e. The van der Waals surface area contributed by atoms with Crippen molar-refractivity contribution in [1.82, 2.24) is 15.2 Å². The molecule has 0 bridgehead atoms. The summed E-state index contributed by atoms with van der Waals surface area (Å²) in [7, 11) is 0. The second-order valence-electron chi connectivity index (χ2n) is 6.09. The summed E-state index contributed by atoms with van der Waals surface area (Å²) in [6, 6.07) is 1.32. The molecule has 0 amide bonds. The van der Waals surface area contributed by atoms with Crippen molar-refractivity contribution < 1.29 is 0 Å². The van der Waals surface area contributed by atoms with Crippen LogP contribution in [-0.4, -0.2) is 35.6 Å². The van der Waals surface area contributed by atoms with Crippen molar-refractivity contribution in [2.24, 2.45) is 5.92 Å². The lowest BCUT2D eigenvalue weighted by molar-refractivity contribution is 0.150. The van der Waals surface area contributed by atoms with E-state index in [1.54, 1.807) is 11.3 Å². The number of nitrogens with one attached hydrogen (secondary N) is 1. The van der Waals surface area contributed by atoms with Gasteiger partial charge in [-0.05, 0) is 58.5 Å². The van der Waals surface area contributed by atoms with Gasteiger partial charge in [-0.25, -0.2) is 4.98 Å². The predicted molar refractivity (Wildman–Crippen MR) is 80.6 cm³/mol. The summed E-state index contributed by atoms with van der Waals surface area (Å²) in [5.41, 5.74) is 1.28. The van der Waals surface area contributed by atoms with Crippen LogP contribution in [0.5, 0.6) is 0 Å². The lowest BCUT2D eigenvalue weighted by atomic mass is 9.96. The van der Waals surface area contributed by atoms with E-state index < -0.39 is 0 Å². The third-order valence-corrected chi connectivity index (χ3v) is 5.30. The molecule has 2 fully saturated rings. The molecule has 1 saturated carbocycles. The molecule has 4 heteroatoms. The molecule has 1 aromatic rings. The van der Waals surface area contributed by atoms with Gasteiger partial charge in [0.1, 0.15) is 0 Å². The Balaban J connectivity index is 1.66. The van der Waals surface area contributed by atoms with E-state index in [0.717, 1.165) is 12.0 Å². The summed E-state index contributed by atoms with van der Waals surface area (Å²) in [6.07, 6.45) is 5.45. The van der Waals surface area contributed by atoms with Gasteiger partial charge >= 0.3 is 0 Å². The largest absolute Gasteiger partial charge is 0.317 e. The first-order valence-corrected chi connectivity index (χ1v) is 8.50. The number of rotatable bonds is 5. The fourth-order valence-electron chi connectivity index (χ4n) is 3.13. The van der Waals surface area contributed by atoms with Crippen LogP contribution in [0.25, 0.3) is 0 Å². The van der Waals surface area contributed by atoms with E-state index in [0.29, 0.717) is 6.04 Å². The third kappa shape index (κ3) is 3.36. The number of nitrogens with zero attached hydrogens (tertiary/aromatic N) is 2. The zero-order valence-corrected chi connectivity index (χ0v) is 12.9. The number of aromatic nitrogens is 1. The van der Waals surface area contributed by atoms with Crippen LogP contribution in [0.3, 0.4) is 0 Å². The van der Waals surface area contributed by atoms with Gasteiger partial charge in [0.15, 0.2) is 0 Å². The zero-order chi connectivity index (χ0) is 13.2. The molecule has 3 nitrogen and oxygen atoms in total. The Morgan fingerprint density at radius 2 is 2.11 bits per heavy atom. The van der Waals surface area contributed by atoms with Crippen LogP contribution in [0.4, 0.5) is 0 Å². The smallest absolute Gasteiger partial charge is 0.0898 e. The van der Waals surface area contributed by atoms with Crippen LogP contribution in [0.15, 0.2) is 5.38 Å². The second kappa shape index (κ2) is 5.90. The highest BCUT2D eigenvalue weighted by atomic mass is 32.1. The lowest BCUT2D eigenvalue weighted by Gasteiger charge is -2.33. The minimum atomic E-state index is 0.493. The number of hydrogen-bond donors (Lipinski definition) is 1. The molecule has 1 atom stereocenters. The molecule has 0 aromatic carbocycles. The third-order valence-electron chi connectivity index (χ3n) is 4.51. The molecule has 1 unspecified atom stereocenters. The number of piperidine rings is 1. The molecule has 3 rings (SSSR count). The van der Waals surface area contributed by atoms with Crippen LogP contribution in [0, 0.1) is 12.8 Å². The first-order chi connectivity index (χ1) is 9.24. The molecule has 0 spiro atoms. The van der Waals surface area contributed by atoms with Gasteiger partial charge in [0.25, 0.3) is 0 Å². The van der Waals surface area contributed by atoms with Gasteiger partial charge in [-0.15, -0.1) is 11.3 Å². The summed E-state index contributed by atoms with van der Waals surface area (Å²) >= 11 is 1.78. The minimum absolute atomic E-state index is 0.493. The Labute approximate surface area is 120 Å². The second-order valence-corrected chi connectivity index (χ2v) is 7.15. The molecule has 1 saturated heterocycles. The van der Waals surface area contributed by atoms with E-state index in [1.807, 2.05) is 0 Å². The van der Waals surface area contributed by atoms with Crippen molar-refractivity contribution in [2.45, 2.75) is 51.6 Å². The van der Waals surface area contributed by atoms with Crippen molar-refractivity contribution in [1.29, 1.82) is 0 Å².